The third kappa shape index (κ3) is 38.4. The highest BCUT2D eigenvalue weighted by atomic mass is 16.7. The van der Waals surface area contributed by atoms with Gasteiger partial charge in [-0.3, -0.25) is 9.59 Å². The minimum Gasteiger partial charge on any atom is -0.454 e. The van der Waals surface area contributed by atoms with Crippen molar-refractivity contribution in [3.05, 3.63) is 85.1 Å². The molecule has 0 aromatic heterocycles. The first kappa shape index (κ1) is 68.9. The predicted octanol–water partition coefficient (Wildman–Crippen LogP) is 13.8. The van der Waals surface area contributed by atoms with Crippen molar-refractivity contribution in [2.75, 3.05) is 13.2 Å². The zero-order valence-electron chi connectivity index (χ0n) is 46.9. The lowest BCUT2D eigenvalue weighted by molar-refractivity contribution is -0.305. The molecule has 11 nitrogen and oxygen atoms in total. The molecule has 1 rings (SSSR count). The molecule has 0 radical (unpaired) electrons. The molecule has 0 aromatic carbocycles. The molecular weight excluding hydrogens is 931 g/mol. The topological polar surface area (TPSA) is 175 Å². The van der Waals surface area contributed by atoms with E-state index >= 15 is 0 Å². The number of rotatable bonds is 49. The summed E-state index contributed by atoms with van der Waals surface area (Å²) in [6.45, 7) is 5.69. The maximum atomic E-state index is 13.4. The molecule has 426 valence electrons. The number of aliphatic hydroxyl groups is 5. The lowest BCUT2D eigenvalue weighted by atomic mass is 9.99. The van der Waals surface area contributed by atoms with Crippen LogP contribution in [0.3, 0.4) is 0 Å². The van der Waals surface area contributed by atoms with Gasteiger partial charge in [-0.2, -0.15) is 0 Å². The Kier molecular flexibility index (Phi) is 47.1. The van der Waals surface area contributed by atoms with Crippen molar-refractivity contribution < 1.29 is 49.3 Å². The van der Waals surface area contributed by atoms with Crippen LogP contribution < -0.4 is 5.32 Å². The summed E-state index contributed by atoms with van der Waals surface area (Å²) in [5.41, 5.74) is 0. The minimum absolute atomic E-state index is 0.0914. The maximum absolute atomic E-state index is 13.4. The average molecular weight is 1040 g/mol. The van der Waals surface area contributed by atoms with Crippen LogP contribution in [0, 0.1) is 0 Å². The number of carbonyl (C=O) groups is 2. The van der Waals surface area contributed by atoms with Gasteiger partial charge >= 0.3 is 5.97 Å². The van der Waals surface area contributed by atoms with Gasteiger partial charge in [0, 0.05) is 6.42 Å². The predicted molar refractivity (Wildman–Crippen MR) is 306 cm³/mol. The first-order chi connectivity index (χ1) is 36.2. The molecule has 8 atom stereocenters. The number of esters is 1. The third-order valence-corrected chi connectivity index (χ3v) is 13.5. The van der Waals surface area contributed by atoms with Gasteiger partial charge in [-0.1, -0.05) is 215 Å². The second-order valence-corrected chi connectivity index (χ2v) is 20.4. The van der Waals surface area contributed by atoms with Gasteiger partial charge in [0.15, 0.2) is 12.4 Å². The summed E-state index contributed by atoms with van der Waals surface area (Å²) in [6.07, 6.45) is 54.7. The molecule has 0 saturated carbocycles. The number of hydrogen-bond acceptors (Lipinski definition) is 10. The Morgan fingerprint density at radius 1 is 0.527 bits per heavy atom. The normalized spacial score (nSPS) is 19.9. The van der Waals surface area contributed by atoms with Crippen LogP contribution in [0.5, 0.6) is 0 Å². The third-order valence-electron chi connectivity index (χ3n) is 13.5. The van der Waals surface area contributed by atoms with E-state index in [0.717, 1.165) is 109 Å². The van der Waals surface area contributed by atoms with Gasteiger partial charge in [-0.15, -0.1) is 0 Å². The summed E-state index contributed by atoms with van der Waals surface area (Å²) in [7, 11) is 0. The number of nitrogens with one attached hydrogen (secondary N) is 1. The van der Waals surface area contributed by atoms with Gasteiger partial charge in [-0.05, 0) is 103 Å². The highest BCUT2D eigenvalue weighted by Gasteiger charge is 2.47. The van der Waals surface area contributed by atoms with E-state index < -0.39 is 67.4 Å². The van der Waals surface area contributed by atoms with Crippen molar-refractivity contribution in [1.29, 1.82) is 0 Å². The van der Waals surface area contributed by atoms with Gasteiger partial charge in [0.05, 0.1) is 25.4 Å². The molecule has 1 amide bonds. The van der Waals surface area contributed by atoms with Crippen LogP contribution in [0.4, 0.5) is 0 Å². The van der Waals surface area contributed by atoms with Crippen molar-refractivity contribution in [3.63, 3.8) is 0 Å². The van der Waals surface area contributed by atoms with Gasteiger partial charge < -0.3 is 45.1 Å². The molecule has 1 heterocycles. The first-order valence-electron chi connectivity index (χ1n) is 29.9. The van der Waals surface area contributed by atoms with Crippen molar-refractivity contribution in [3.8, 4) is 0 Å². The van der Waals surface area contributed by atoms with Gasteiger partial charge in [0.1, 0.15) is 24.4 Å². The molecular formula is C63H109NO10. The molecule has 8 unspecified atom stereocenters. The summed E-state index contributed by atoms with van der Waals surface area (Å²) in [5.74, 6) is -1.24. The Balaban J connectivity index is 2.75. The van der Waals surface area contributed by atoms with Crippen LogP contribution in [0.15, 0.2) is 85.1 Å². The molecule has 0 aliphatic carbocycles. The molecule has 0 spiro atoms. The van der Waals surface area contributed by atoms with E-state index in [1.54, 1.807) is 6.08 Å². The fourth-order valence-electron chi connectivity index (χ4n) is 8.72. The zero-order chi connectivity index (χ0) is 54.0. The number of ether oxygens (including phenoxy) is 3. The van der Waals surface area contributed by atoms with E-state index in [2.05, 4.69) is 99.0 Å². The standard InChI is InChI=1S/C63H109NO10/c1-4-7-10-13-16-19-22-25-27-29-31-33-36-39-42-45-48-51-58(68)74-61-60(70)59(69)57(52-65)73-63(61)72-53-54(55(66)49-46-43-40-37-34-24-21-18-15-12-9-6-3)64-62(71)56(67)50-47-44-41-38-35-32-30-28-26-23-20-17-14-11-8-5-2/h16-17,19-20,25-28,31-33,35,46,49,54-57,59-61,63,65-67,69-70H,4-15,18,21-24,29-30,34,36-45,47-48,50-53H2,1-3H3,(H,64,71)/b19-16-,20-17-,27-25-,28-26-,33-31-,35-32-,49-46+. The van der Waals surface area contributed by atoms with E-state index in [4.69, 9.17) is 14.2 Å². The number of unbranched alkanes of at least 4 members (excludes halogenated alkanes) is 23. The Morgan fingerprint density at radius 2 is 0.932 bits per heavy atom. The molecule has 11 heteroatoms. The van der Waals surface area contributed by atoms with E-state index in [1.807, 2.05) is 6.08 Å². The maximum Gasteiger partial charge on any atom is 0.306 e. The first-order valence-corrected chi connectivity index (χ1v) is 29.9. The molecule has 6 N–H and O–H groups in total. The number of aliphatic hydroxyl groups excluding tert-OH is 5. The fourth-order valence-corrected chi connectivity index (χ4v) is 8.72. The highest BCUT2D eigenvalue weighted by molar-refractivity contribution is 5.80. The monoisotopic (exact) mass is 1040 g/mol. The quantitative estimate of drug-likeness (QED) is 0.0195. The summed E-state index contributed by atoms with van der Waals surface area (Å²) in [6, 6.07) is -1.04. The smallest absolute Gasteiger partial charge is 0.306 e. The molecule has 1 saturated heterocycles. The van der Waals surface area contributed by atoms with E-state index in [9.17, 15) is 35.1 Å². The molecule has 1 fully saturated rings. The number of amides is 1. The Labute approximate surface area is 451 Å². The largest absolute Gasteiger partial charge is 0.454 e. The van der Waals surface area contributed by atoms with Crippen LogP contribution in [0.2, 0.25) is 0 Å². The highest BCUT2D eigenvalue weighted by Crippen LogP contribution is 2.26. The molecule has 0 aromatic rings. The van der Waals surface area contributed by atoms with Crippen LogP contribution in [0.1, 0.15) is 239 Å². The number of carbonyl (C=O) groups excluding carboxylic acids is 2. The SMILES string of the molecule is CCCCC/C=C\C/C=C\C/C=C\CCCCCCC(=O)OC1C(OCC(NC(=O)C(O)CCCCC/C=C\C/C=C\C/C=C\CCCCC)C(O)/C=C/CCCCCCCCCCCC)OC(CO)C(O)C1O. The Morgan fingerprint density at radius 3 is 1.42 bits per heavy atom. The van der Waals surface area contributed by atoms with Gasteiger partial charge in [0.2, 0.25) is 5.91 Å². The lowest BCUT2D eigenvalue weighted by Crippen LogP contribution is -2.61. The van der Waals surface area contributed by atoms with E-state index in [-0.39, 0.29) is 19.4 Å². The number of hydrogen-bond donors (Lipinski definition) is 6. The molecule has 0 bridgehead atoms. The second kappa shape index (κ2) is 50.6. The zero-order valence-corrected chi connectivity index (χ0v) is 46.9. The minimum atomic E-state index is -1.63. The number of allylic oxidation sites excluding steroid dienone is 13. The Hall–Kier alpha value is -3.16. The van der Waals surface area contributed by atoms with Crippen LogP contribution in [-0.4, -0.2) is 99.6 Å². The van der Waals surface area contributed by atoms with Crippen molar-refractivity contribution in [1.82, 2.24) is 5.32 Å². The van der Waals surface area contributed by atoms with Crippen LogP contribution in [0.25, 0.3) is 0 Å². The summed E-state index contributed by atoms with van der Waals surface area (Å²) >= 11 is 0. The Bertz CT molecular complexity index is 1520. The fraction of sp³-hybridized carbons (Fsp3) is 0.746. The molecule has 1 aliphatic heterocycles. The van der Waals surface area contributed by atoms with E-state index in [0.29, 0.717) is 12.8 Å². The summed E-state index contributed by atoms with van der Waals surface area (Å²) < 4.78 is 17.6. The average Bonchev–Trinajstić information content (AvgIpc) is 3.40. The molecule has 1 aliphatic rings. The lowest BCUT2D eigenvalue weighted by Gasteiger charge is -2.41. The summed E-state index contributed by atoms with van der Waals surface area (Å²) in [4.78, 5) is 26.5. The van der Waals surface area contributed by atoms with Crippen molar-refractivity contribution in [2.24, 2.45) is 0 Å². The second-order valence-electron chi connectivity index (χ2n) is 20.4. The summed E-state index contributed by atoms with van der Waals surface area (Å²) in [5, 5.41) is 56.9. The van der Waals surface area contributed by atoms with Crippen molar-refractivity contribution in [2.45, 2.75) is 288 Å². The van der Waals surface area contributed by atoms with E-state index in [1.165, 1.54) is 83.5 Å². The van der Waals surface area contributed by atoms with Gasteiger partial charge in [0.25, 0.3) is 0 Å². The van der Waals surface area contributed by atoms with Crippen molar-refractivity contribution >= 4 is 11.9 Å². The van der Waals surface area contributed by atoms with Crippen LogP contribution >= 0.6 is 0 Å². The molecule has 74 heavy (non-hydrogen) atoms. The van der Waals surface area contributed by atoms with Gasteiger partial charge in [-0.25, -0.2) is 0 Å². The van der Waals surface area contributed by atoms with Crippen LogP contribution in [-0.2, 0) is 23.8 Å².